The fourth-order valence-corrected chi connectivity index (χ4v) is 1.74. The molecule has 0 aromatic carbocycles. The minimum absolute atomic E-state index is 0.0126. The van der Waals surface area contributed by atoms with E-state index < -0.39 is 11.7 Å². The normalized spacial score (nSPS) is 19.8. The summed E-state index contributed by atoms with van der Waals surface area (Å²) in [6.07, 6.45) is 3.34. The molecular weight excluding hydrogens is 328 g/mol. The minimum Gasteiger partial charge on any atom is -0.394 e. The number of hydrogen-bond acceptors (Lipinski definition) is 7. The number of carbonyl (C=O) groups is 2. The number of hydrogen-bond donors (Lipinski definition) is 3. The first kappa shape index (κ1) is 25.8. The monoisotopic (exact) mass is 362 g/mol. The van der Waals surface area contributed by atoms with Crippen LogP contribution in [-0.2, 0) is 19.1 Å². The van der Waals surface area contributed by atoms with Gasteiger partial charge in [0.2, 0.25) is 6.41 Å². The zero-order valence-electron chi connectivity index (χ0n) is 16.4. The van der Waals surface area contributed by atoms with Gasteiger partial charge in [0.1, 0.15) is 6.23 Å². The molecule has 1 aliphatic rings. The first-order valence-corrected chi connectivity index (χ1v) is 8.33. The molecule has 0 aromatic rings. The van der Waals surface area contributed by atoms with Crippen LogP contribution in [-0.4, -0.2) is 66.3 Å². The number of aliphatic hydroxyl groups excluding tert-OH is 1. The van der Waals surface area contributed by atoms with Crippen LogP contribution in [0, 0.1) is 0 Å². The van der Waals surface area contributed by atoms with E-state index in [-0.39, 0.29) is 18.9 Å². The van der Waals surface area contributed by atoms with Crippen molar-refractivity contribution >= 4 is 12.3 Å². The highest BCUT2D eigenvalue weighted by Crippen LogP contribution is 2.21. The van der Waals surface area contributed by atoms with Gasteiger partial charge in [-0.3, -0.25) is 14.9 Å². The van der Waals surface area contributed by atoms with Gasteiger partial charge in [-0.15, -0.1) is 0 Å². The minimum atomic E-state index is -0.958. The fraction of sp³-hybridized carbons (Fsp3) is 0.765. The van der Waals surface area contributed by atoms with Gasteiger partial charge in [0.25, 0.3) is 5.91 Å². The van der Waals surface area contributed by atoms with Gasteiger partial charge >= 0.3 is 0 Å². The van der Waals surface area contributed by atoms with Gasteiger partial charge in [-0.1, -0.05) is 13.8 Å². The van der Waals surface area contributed by atoms with Crippen LogP contribution in [0.2, 0.25) is 0 Å². The lowest BCUT2D eigenvalue weighted by Crippen LogP contribution is -2.30. The predicted octanol–water partition coefficient (Wildman–Crippen LogP) is 0.979. The predicted molar refractivity (Wildman–Crippen MR) is 95.4 cm³/mol. The van der Waals surface area contributed by atoms with Crippen molar-refractivity contribution in [3.63, 3.8) is 0 Å². The van der Waals surface area contributed by atoms with E-state index in [1.807, 2.05) is 13.8 Å². The molecule has 1 aliphatic heterocycles. The average molecular weight is 362 g/mol. The summed E-state index contributed by atoms with van der Waals surface area (Å²) in [5, 5.41) is 19.6. The molecule has 3 N–H and O–H groups in total. The van der Waals surface area contributed by atoms with Crippen LogP contribution in [0.5, 0.6) is 0 Å². The third kappa shape index (κ3) is 12.5. The van der Waals surface area contributed by atoms with Crippen molar-refractivity contribution in [2.75, 3.05) is 20.8 Å². The largest absolute Gasteiger partial charge is 0.394 e. The molecule has 8 heteroatoms. The number of aliphatic hydroxyl groups is 2. The van der Waals surface area contributed by atoms with Crippen molar-refractivity contribution in [3.05, 3.63) is 11.8 Å². The summed E-state index contributed by atoms with van der Waals surface area (Å²) in [4.78, 5) is 23.2. The Morgan fingerprint density at radius 2 is 1.92 bits per heavy atom. The van der Waals surface area contributed by atoms with E-state index in [1.54, 1.807) is 38.9 Å². The summed E-state index contributed by atoms with van der Waals surface area (Å²) in [5.74, 6) is -1.39. The van der Waals surface area contributed by atoms with Crippen LogP contribution in [0.1, 0.15) is 47.5 Å². The van der Waals surface area contributed by atoms with Crippen LogP contribution in [0.3, 0.4) is 0 Å². The molecule has 8 nitrogen and oxygen atoms in total. The maximum atomic E-state index is 11.3. The Balaban J connectivity index is 0. The number of nitrogens with one attached hydrogen (secondary N) is 1. The summed E-state index contributed by atoms with van der Waals surface area (Å²) in [6, 6.07) is 0. The molecule has 1 saturated heterocycles. The standard InChI is InChI=1S/C11H18N2O4.C4H10O2.C2H6/c1-8(11(16)12-7-15)5-13(2)10-4-3-9(6-14)17-10;1-4(2,5)6-3;1-2/h5,7,9-10,14H,3-4,6H2,1-2H3,(H,12,15,16);5H,1-3H3;1-2H3/b8-5-;;. The first-order valence-electron chi connectivity index (χ1n) is 8.33. The van der Waals surface area contributed by atoms with Crippen molar-refractivity contribution in [1.82, 2.24) is 10.2 Å². The smallest absolute Gasteiger partial charge is 0.254 e. The van der Waals surface area contributed by atoms with Crippen LogP contribution < -0.4 is 5.32 Å². The third-order valence-corrected chi connectivity index (χ3v) is 3.19. The van der Waals surface area contributed by atoms with E-state index in [9.17, 15) is 9.59 Å². The van der Waals surface area contributed by atoms with Crippen molar-refractivity contribution in [3.8, 4) is 0 Å². The average Bonchev–Trinajstić information content (AvgIpc) is 3.06. The summed E-state index contributed by atoms with van der Waals surface area (Å²) in [7, 11) is 3.25. The molecule has 2 amide bonds. The van der Waals surface area contributed by atoms with E-state index in [2.05, 4.69) is 10.1 Å². The second-order valence-corrected chi connectivity index (χ2v) is 5.69. The zero-order valence-corrected chi connectivity index (χ0v) is 16.4. The van der Waals surface area contributed by atoms with E-state index >= 15 is 0 Å². The van der Waals surface area contributed by atoms with Gasteiger partial charge in [-0.05, 0) is 33.6 Å². The maximum Gasteiger partial charge on any atom is 0.254 e. The Kier molecular flexibility index (Phi) is 14.2. The lowest BCUT2D eigenvalue weighted by atomic mass is 10.2. The van der Waals surface area contributed by atoms with E-state index in [4.69, 9.17) is 14.9 Å². The molecule has 2 atom stereocenters. The van der Waals surface area contributed by atoms with Gasteiger partial charge in [-0.2, -0.15) is 0 Å². The molecule has 0 spiro atoms. The topological polar surface area (TPSA) is 108 Å². The fourth-order valence-electron chi connectivity index (χ4n) is 1.74. The van der Waals surface area contributed by atoms with Crippen LogP contribution in [0.4, 0.5) is 0 Å². The zero-order chi connectivity index (χ0) is 20.0. The number of nitrogens with zero attached hydrogens (tertiary/aromatic N) is 1. The second-order valence-electron chi connectivity index (χ2n) is 5.69. The highest BCUT2D eigenvalue weighted by molar-refractivity contribution is 5.98. The van der Waals surface area contributed by atoms with Crippen molar-refractivity contribution in [1.29, 1.82) is 0 Å². The molecule has 1 heterocycles. The van der Waals surface area contributed by atoms with E-state index in [1.165, 1.54) is 7.11 Å². The number of rotatable bonds is 6. The number of methoxy groups -OCH3 is 1. The lowest BCUT2D eigenvalue weighted by molar-refractivity contribution is -0.155. The molecular formula is C17H34N2O6. The summed E-state index contributed by atoms with van der Waals surface area (Å²) < 4.78 is 10.0. The maximum absolute atomic E-state index is 11.3. The van der Waals surface area contributed by atoms with Crippen molar-refractivity contribution in [2.45, 2.75) is 65.6 Å². The van der Waals surface area contributed by atoms with Gasteiger partial charge < -0.3 is 24.6 Å². The summed E-state index contributed by atoms with van der Waals surface area (Å²) in [6.45, 7) is 8.78. The van der Waals surface area contributed by atoms with Crippen LogP contribution in [0.25, 0.3) is 0 Å². The molecule has 2 unspecified atom stereocenters. The van der Waals surface area contributed by atoms with Crippen molar-refractivity contribution in [2.24, 2.45) is 0 Å². The highest BCUT2D eigenvalue weighted by Gasteiger charge is 2.26. The Hall–Kier alpha value is -1.48. The van der Waals surface area contributed by atoms with E-state index in [0.29, 0.717) is 12.0 Å². The van der Waals surface area contributed by atoms with Gasteiger partial charge in [0.05, 0.1) is 12.7 Å². The number of carbonyl (C=O) groups excluding carboxylic acids is 2. The van der Waals surface area contributed by atoms with Gasteiger partial charge in [-0.25, -0.2) is 0 Å². The Labute approximate surface area is 150 Å². The molecule has 0 aromatic heterocycles. The molecule has 25 heavy (non-hydrogen) atoms. The van der Waals surface area contributed by atoms with E-state index in [0.717, 1.165) is 12.8 Å². The SMILES string of the molecule is C/C(=C/N(C)C1CCC(CO)O1)C(=O)NC=O.CC.COC(C)(C)O. The molecule has 1 rings (SSSR count). The van der Waals surface area contributed by atoms with Crippen LogP contribution >= 0.6 is 0 Å². The first-order chi connectivity index (χ1) is 11.6. The van der Waals surface area contributed by atoms with Crippen LogP contribution in [0.15, 0.2) is 11.8 Å². The number of ether oxygens (including phenoxy) is 2. The molecule has 148 valence electrons. The second kappa shape index (κ2) is 13.8. The highest BCUT2D eigenvalue weighted by atomic mass is 16.6. The van der Waals surface area contributed by atoms with Crippen molar-refractivity contribution < 1.29 is 29.3 Å². The molecule has 1 fully saturated rings. The van der Waals surface area contributed by atoms with Gasteiger partial charge in [0.15, 0.2) is 5.79 Å². The number of amides is 2. The molecule has 0 saturated carbocycles. The summed E-state index contributed by atoms with van der Waals surface area (Å²) >= 11 is 0. The van der Waals surface area contributed by atoms with Gasteiger partial charge in [0, 0.05) is 25.9 Å². The molecule has 0 bridgehead atoms. The summed E-state index contributed by atoms with van der Waals surface area (Å²) in [5.41, 5.74) is 0.427. The third-order valence-electron chi connectivity index (χ3n) is 3.19. The molecule has 0 aliphatic carbocycles. The Morgan fingerprint density at radius 1 is 1.40 bits per heavy atom. The Bertz CT molecular complexity index is 406. The lowest BCUT2D eigenvalue weighted by Gasteiger charge is -2.23. The molecule has 0 radical (unpaired) electrons. The Morgan fingerprint density at radius 3 is 2.28 bits per heavy atom. The quantitative estimate of drug-likeness (QED) is 0.367. The number of imide groups is 1.